The quantitative estimate of drug-likeness (QED) is 0.407. The van der Waals surface area contributed by atoms with Crippen molar-refractivity contribution < 1.29 is 8.78 Å². The minimum absolute atomic E-state index is 0.0519. The van der Waals surface area contributed by atoms with E-state index in [0.29, 0.717) is 17.0 Å². The van der Waals surface area contributed by atoms with E-state index in [1.807, 2.05) is 18.4 Å². The molecular weight excluding hydrogens is 392 g/mol. The molecule has 0 N–H and O–H groups in total. The van der Waals surface area contributed by atoms with E-state index in [-0.39, 0.29) is 16.5 Å². The van der Waals surface area contributed by atoms with Crippen LogP contribution in [-0.2, 0) is 0 Å². The van der Waals surface area contributed by atoms with Gasteiger partial charge in [-0.25, -0.2) is 23.7 Å². The molecule has 0 radical (unpaired) electrons. The highest BCUT2D eigenvalue weighted by atomic mass is 32.1. The predicted octanol–water partition coefficient (Wildman–Crippen LogP) is 5.30. The fourth-order valence-electron chi connectivity index (χ4n) is 3.46. The van der Waals surface area contributed by atoms with Crippen molar-refractivity contribution >= 4 is 33.5 Å². The number of aromatic nitrogens is 5. The van der Waals surface area contributed by atoms with Crippen molar-refractivity contribution in [3.63, 3.8) is 0 Å². The molecule has 144 valence electrons. The van der Waals surface area contributed by atoms with Crippen LogP contribution in [0.3, 0.4) is 0 Å². The lowest BCUT2D eigenvalue weighted by atomic mass is 10.0. The van der Waals surface area contributed by atoms with E-state index in [9.17, 15) is 4.39 Å². The number of hydrogen-bond donors (Lipinski definition) is 0. The van der Waals surface area contributed by atoms with Crippen molar-refractivity contribution in [3.8, 4) is 10.6 Å². The lowest BCUT2D eigenvalue weighted by Gasteiger charge is -2.17. The molecule has 0 amide bonds. The number of imidazole rings is 1. The van der Waals surface area contributed by atoms with Gasteiger partial charge < -0.3 is 4.57 Å². The summed E-state index contributed by atoms with van der Waals surface area (Å²) in [5, 5.41) is 2.32. The zero-order valence-electron chi connectivity index (χ0n) is 15.6. The number of pyridine rings is 1. The van der Waals surface area contributed by atoms with Crippen LogP contribution in [0.15, 0.2) is 48.4 Å². The van der Waals surface area contributed by atoms with Crippen LogP contribution < -0.4 is 0 Å². The van der Waals surface area contributed by atoms with E-state index in [2.05, 4.69) is 19.9 Å². The van der Waals surface area contributed by atoms with Crippen molar-refractivity contribution in [2.75, 3.05) is 0 Å². The molecule has 0 spiro atoms. The van der Waals surface area contributed by atoms with Crippen LogP contribution >= 0.6 is 11.3 Å². The summed E-state index contributed by atoms with van der Waals surface area (Å²) in [4.78, 5) is 18.3. The largest absolute Gasteiger partial charge is 0.306 e. The second kappa shape index (κ2) is 6.66. The Labute approximate surface area is 168 Å². The standard InChI is InChI=1S/C21H15F2N5S/c1-11-6-17(29-9-11)16-8-25-20-21(27-16)28(10-26-20)12(2)18-14(22)7-15-13(19(18)23)4-3-5-24-15/h3-10,12H,1-2H3. The molecule has 1 atom stereocenters. The summed E-state index contributed by atoms with van der Waals surface area (Å²) < 4.78 is 31.6. The maximum atomic E-state index is 15.2. The van der Waals surface area contributed by atoms with Gasteiger partial charge in [0.05, 0.1) is 29.0 Å². The fraction of sp³-hybridized carbons (Fsp3) is 0.143. The van der Waals surface area contributed by atoms with E-state index < -0.39 is 17.7 Å². The molecule has 0 aliphatic rings. The van der Waals surface area contributed by atoms with Gasteiger partial charge in [-0.3, -0.25) is 4.98 Å². The van der Waals surface area contributed by atoms with Crippen LogP contribution in [0.1, 0.15) is 24.1 Å². The molecule has 0 fully saturated rings. The average Bonchev–Trinajstić information content (AvgIpc) is 3.33. The SMILES string of the molecule is Cc1csc(-c2cnc3ncn(C(C)c4c(F)cc5ncccc5c4F)c3n2)c1. The highest BCUT2D eigenvalue weighted by molar-refractivity contribution is 7.13. The molecule has 29 heavy (non-hydrogen) atoms. The Morgan fingerprint density at radius 3 is 2.79 bits per heavy atom. The van der Waals surface area contributed by atoms with Gasteiger partial charge in [-0.15, -0.1) is 11.3 Å². The monoisotopic (exact) mass is 407 g/mol. The van der Waals surface area contributed by atoms with Crippen LogP contribution in [0.4, 0.5) is 8.78 Å². The maximum Gasteiger partial charge on any atom is 0.197 e. The highest BCUT2D eigenvalue weighted by Crippen LogP contribution is 2.32. The van der Waals surface area contributed by atoms with E-state index in [4.69, 9.17) is 0 Å². The summed E-state index contributed by atoms with van der Waals surface area (Å²) in [6.07, 6.45) is 4.70. The summed E-state index contributed by atoms with van der Waals surface area (Å²) >= 11 is 1.57. The van der Waals surface area contributed by atoms with E-state index in [1.165, 1.54) is 18.6 Å². The number of benzene rings is 1. The van der Waals surface area contributed by atoms with Crippen molar-refractivity contribution in [3.05, 3.63) is 71.1 Å². The van der Waals surface area contributed by atoms with Crippen molar-refractivity contribution in [2.45, 2.75) is 19.9 Å². The zero-order valence-corrected chi connectivity index (χ0v) is 16.4. The third-order valence-electron chi connectivity index (χ3n) is 4.93. The number of fused-ring (bicyclic) bond motifs is 2. The molecule has 0 bridgehead atoms. The first-order valence-corrected chi connectivity index (χ1v) is 9.88. The number of hydrogen-bond acceptors (Lipinski definition) is 5. The second-order valence-electron chi connectivity index (χ2n) is 6.87. The van der Waals surface area contributed by atoms with Gasteiger partial charge in [-0.05, 0) is 43.0 Å². The average molecular weight is 407 g/mol. The normalized spacial score (nSPS) is 12.7. The van der Waals surface area contributed by atoms with Crippen LogP contribution in [0.5, 0.6) is 0 Å². The molecule has 5 nitrogen and oxygen atoms in total. The number of nitrogens with zero attached hydrogens (tertiary/aromatic N) is 5. The van der Waals surface area contributed by atoms with Gasteiger partial charge in [0, 0.05) is 23.2 Å². The highest BCUT2D eigenvalue weighted by Gasteiger charge is 2.23. The maximum absolute atomic E-state index is 15.2. The molecule has 0 saturated carbocycles. The smallest absolute Gasteiger partial charge is 0.197 e. The first-order valence-electron chi connectivity index (χ1n) is 9.00. The Hall–Kier alpha value is -3.26. The molecule has 1 aromatic carbocycles. The summed E-state index contributed by atoms with van der Waals surface area (Å²) in [5.74, 6) is -1.28. The summed E-state index contributed by atoms with van der Waals surface area (Å²) in [6, 6.07) is 5.84. The van der Waals surface area contributed by atoms with Crippen LogP contribution in [0.2, 0.25) is 0 Å². The van der Waals surface area contributed by atoms with Gasteiger partial charge in [-0.2, -0.15) is 0 Å². The molecule has 0 saturated heterocycles. The minimum atomic E-state index is -0.667. The topological polar surface area (TPSA) is 56.5 Å². The van der Waals surface area contributed by atoms with Crippen molar-refractivity contribution in [2.24, 2.45) is 0 Å². The number of halogens is 2. The van der Waals surface area contributed by atoms with Gasteiger partial charge in [-0.1, -0.05) is 0 Å². The van der Waals surface area contributed by atoms with E-state index in [1.54, 1.807) is 41.2 Å². The lowest BCUT2D eigenvalue weighted by Crippen LogP contribution is -2.11. The molecular formula is C21H15F2N5S. The van der Waals surface area contributed by atoms with Crippen LogP contribution in [0.25, 0.3) is 32.8 Å². The fourth-order valence-corrected chi connectivity index (χ4v) is 4.32. The van der Waals surface area contributed by atoms with Crippen LogP contribution in [-0.4, -0.2) is 24.5 Å². The Morgan fingerprint density at radius 1 is 1.14 bits per heavy atom. The first-order chi connectivity index (χ1) is 14.0. The molecule has 1 unspecified atom stereocenters. The summed E-state index contributed by atoms with van der Waals surface area (Å²) in [6.45, 7) is 3.73. The van der Waals surface area contributed by atoms with E-state index >= 15 is 4.39 Å². The summed E-state index contributed by atoms with van der Waals surface area (Å²) in [7, 11) is 0. The molecule has 0 aliphatic heterocycles. The van der Waals surface area contributed by atoms with Gasteiger partial charge in [0.15, 0.2) is 11.3 Å². The lowest BCUT2D eigenvalue weighted by molar-refractivity contribution is 0.517. The molecule has 5 rings (SSSR count). The second-order valence-corrected chi connectivity index (χ2v) is 7.79. The third-order valence-corrected chi connectivity index (χ3v) is 6.01. The van der Waals surface area contributed by atoms with Crippen molar-refractivity contribution in [1.82, 2.24) is 24.5 Å². The zero-order chi connectivity index (χ0) is 20.1. The number of thiophene rings is 1. The third kappa shape index (κ3) is 2.87. The molecule has 0 aliphatic carbocycles. The Balaban J connectivity index is 1.67. The van der Waals surface area contributed by atoms with Crippen molar-refractivity contribution in [1.29, 1.82) is 0 Å². The summed E-state index contributed by atoms with van der Waals surface area (Å²) in [5.41, 5.74) is 2.98. The van der Waals surface area contributed by atoms with Gasteiger partial charge in [0.2, 0.25) is 0 Å². The first kappa shape index (κ1) is 17.8. The number of aryl methyl sites for hydroxylation is 1. The molecule has 5 aromatic rings. The minimum Gasteiger partial charge on any atom is -0.306 e. The Kier molecular flexibility index (Phi) is 4.09. The Morgan fingerprint density at radius 2 is 2.00 bits per heavy atom. The molecule has 4 aromatic heterocycles. The van der Waals surface area contributed by atoms with Gasteiger partial charge in [0.25, 0.3) is 0 Å². The van der Waals surface area contributed by atoms with Gasteiger partial charge in [0.1, 0.15) is 17.3 Å². The predicted molar refractivity (Wildman–Crippen MR) is 109 cm³/mol. The van der Waals surface area contributed by atoms with E-state index in [0.717, 1.165) is 10.4 Å². The molecule has 4 heterocycles. The van der Waals surface area contributed by atoms with Crippen LogP contribution in [0, 0.1) is 18.6 Å². The number of rotatable bonds is 3. The Bertz CT molecular complexity index is 1370. The van der Waals surface area contributed by atoms with Gasteiger partial charge >= 0.3 is 0 Å². The molecule has 8 heteroatoms.